The Morgan fingerprint density at radius 3 is 2.69 bits per heavy atom. The summed E-state index contributed by atoms with van der Waals surface area (Å²) < 4.78 is 19.2. The quantitative estimate of drug-likeness (QED) is 0.660. The van der Waals surface area contributed by atoms with Gasteiger partial charge in [0.05, 0.1) is 19.8 Å². The number of amides is 1. The second-order valence-corrected chi connectivity index (χ2v) is 8.28. The van der Waals surface area contributed by atoms with Gasteiger partial charge in [-0.3, -0.25) is 14.5 Å². The molecule has 0 spiro atoms. The number of para-hydroxylation sites is 2. The lowest BCUT2D eigenvalue weighted by molar-refractivity contribution is 0.0374. The van der Waals surface area contributed by atoms with E-state index in [1.807, 2.05) is 42.7 Å². The van der Waals surface area contributed by atoms with E-state index >= 15 is 0 Å². The number of benzene rings is 1. The van der Waals surface area contributed by atoms with Gasteiger partial charge in [0.15, 0.2) is 23.0 Å². The van der Waals surface area contributed by atoms with Crippen LogP contribution < -0.4 is 20.2 Å². The number of aromatic nitrogens is 1. The van der Waals surface area contributed by atoms with Crippen LogP contribution in [-0.2, 0) is 11.3 Å². The van der Waals surface area contributed by atoms with Gasteiger partial charge in [0, 0.05) is 37.1 Å². The Balaban J connectivity index is 1.40. The monoisotopic (exact) mass is 441 g/mol. The topological polar surface area (TPSA) is 82.0 Å². The number of hydrogen-bond acceptors (Lipinski definition) is 6. The van der Waals surface area contributed by atoms with Crippen LogP contribution in [0.1, 0.15) is 28.2 Å². The fraction of sp³-hybridized carbons (Fsp3) is 0.500. The summed E-state index contributed by atoms with van der Waals surface area (Å²) in [6.45, 7) is 9.38. The zero-order valence-corrected chi connectivity index (χ0v) is 18.8. The average molecular weight is 442 g/mol. The van der Waals surface area contributed by atoms with Crippen LogP contribution in [0.4, 0.5) is 0 Å². The van der Waals surface area contributed by atoms with Gasteiger partial charge in [-0.05, 0) is 38.9 Å². The first-order valence-electron chi connectivity index (χ1n) is 11.2. The molecule has 1 N–H and O–H groups in total. The predicted octanol–water partition coefficient (Wildman–Crippen LogP) is 1.76. The molecule has 0 bridgehead atoms. The number of carbonyl (C=O) groups is 1. The average Bonchev–Trinajstić information content (AvgIpc) is 2.80. The first-order chi connectivity index (χ1) is 15.5. The van der Waals surface area contributed by atoms with Crippen LogP contribution in [0.5, 0.6) is 11.5 Å². The summed E-state index contributed by atoms with van der Waals surface area (Å²) in [5.74, 6) is 1.11. The standard InChI is InChI=1S/C24H31N3O5/c1-17-14-20(28)23(24(29)25-8-5-9-26-10-12-30-13-11-26)18(2)27(17)15-19-16-31-21-6-3-4-7-22(21)32-19/h3-4,6-7,14,19H,5,8-13,15-16H2,1-2H3,(H,25,29). The maximum absolute atomic E-state index is 12.8. The maximum Gasteiger partial charge on any atom is 0.257 e. The molecule has 0 radical (unpaired) electrons. The summed E-state index contributed by atoms with van der Waals surface area (Å²) in [7, 11) is 0. The van der Waals surface area contributed by atoms with Crippen LogP contribution in [0.2, 0.25) is 0 Å². The van der Waals surface area contributed by atoms with Crippen molar-refractivity contribution in [1.82, 2.24) is 14.8 Å². The van der Waals surface area contributed by atoms with E-state index in [4.69, 9.17) is 14.2 Å². The molecule has 1 unspecified atom stereocenters. The molecule has 0 aliphatic carbocycles. The molecule has 8 heteroatoms. The van der Waals surface area contributed by atoms with Crippen molar-refractivity contribution in [3.8, 4) is 11.5 Å². The van der Waals surface area contributed by atoms with Crippen LogP contribution in [0.15, 0.2) is 35.1 Å². The highest BCUT2D eigenvalue weighted by atomic mass is 16.6. The summed E-state index contributed by atoms with van der Waals surface area (Å²) >= 11 is 0. The molecular weight excluding hydrogens is 410 g/mol. The molecule has 1 aromatic carbocycles. The number of aryl methyl sites for hydroxylation is 1. The molecule has 8 nitrogen and oxygen atoms in total. The molecule has 3 heterocycles. The zero-order chi connectivity index (χ0) is 22.5. The first kappa shape index (κ1) is 22.4. The van der Waals surface area contributed by atoms with E-state index < -0.39 is 0 Å². The third-order valence-electron chi connectivity index (χ3n) is 6.00. The third-order valence-corrected chi connectivity index (χ3v) is 6.00. The molecule has 4 rings (SSSR count). The SMILES string of the molecule is Cc1cc(=O)c(C(=O)NCCCN2CCOCC2)c(C)n1CC1COc2ccccc2O1. The van der Waals surface area contributed by atoms with E-state index in [-0.39, 0.29) is 23.0 Å². The Kier molecular flexibility index (Phi) is 7.12. The van der Waals surface area contributed by atoms with E-state index in [0.29, 0.717) is 31.1 Å². The minimum absolute atomic E-state index is 0.194. The van der Waals surface area contributed by atoms with Crippen molar-refractivity contribution in [2.45, 2.75) is 32.9 Å². The van der Waals surface area contributed by atoms with E-state index in [0.717, 1.165) is 50.7 Å². The molecule has 0 saturated carbocycles. The highest BCUT2D eigenvalue weighted by Crippen LogP contribution is 2.31. The van der Waals surface area contributed by atoms with Gasteiger partial charge >= 0.3 is 0 Å². The predicted molar refractivity (Wildman–Crippen MR) is 121 cm³/mol. The number of morpholine rings is 1. The van der Waals surface area contributed by atoms with Gasteiger partial charge in [-0.1, -0.05) is 12.1 Å². The van der Waals surface area contributed by atoms with Gasteiger partial charge in [-0.25, -0.2) is 0 Å². The van der Waals surface area contributed by atoms with Crippen LogP contribution in [-0.4, -0.2) is 67.5 Å². The summed E-state index contributed by atoms with van der Waals surface area (Å²) in [4.78, 5) is 27.8. The number of nitrogens with one attached hydrogen (secondary N) is 1. The fourth-order valence-electron chi connectivity index (χ4n) is 4.25. The Morgan fingerprint density at radius 1 is 1.16 bits per heavy atom. The summed E-state index contributed by atoms with van der Waals surface area (Å²) in [6.07, 6.45) is 0.617. The molecular formula is C24H31N3O5. The second-order valence-electron chi connectivity index (χ2n) is 8.28. The number of nitrogens with zero attached hydrogens (tertiary/aromatic N) is 2. The molecule has 2 aromatic rings. The lowest BCUT2D eigenvalue weighted by Crippen LogP contribution is -2.39. The van der Waals surface area contributed by atoms with Gasteiger partial charge in [0.25, 0.3) is 5.91 Å². The van der Waals surface area contributed by atoms with Crippen molar-refractivity contribution in [1.29, 1.82) is 0 Å². The zero-order valence-electron chi connectivity index (χ0n) is 18.8. The summed E-state index contributed by atoms with van der Waals surface area (Å²) in [6, 6.07) is 9.09. The van der Waals surface area contributed by atoms with E-state index in [1.165, 1.54) is 6.07 Å². The van der Waals surface area contributed by atoms with E-state index in [9.17, 15) is 9.59 Å². The minimum Gasteiger partial charge on any atom is -0.486 e. The van der Waals surface area contributed by atoms with Crippen LogP contribution in [0, 0.1) is 13.8 Å². The Bertz CT molecular complexity index is 1010. The van der Waals surface area contributed by atoms with Crippen LogP contribution in [0.3, 0.4) is 0 Å². The smallest absolute Gasteiger partial charge is 0.257 e. The Morgan fingerprint density at radius 2 is 1.91 bits per heavy atom. The molecule has 1 fully saturated rings. The number of pyridine rings is 1. The normalized spacial score (nSPS) is 18.4. The van der Waals surface area contributed by atoms with Gasteiger partial charge < -0.3 is 24.1 Å². The number of carbonyl (C=O) groups excluding carboxylic acids is 1. The Hall–Kier alpha value is -2.84. The largest absolute Gasteiger partial charge is 0.486 e. The lowest BCUT2D eigenvalue weighted by atomic mass is 10.1. The fourth-order valence-corrected chi connectivity index (χ4v) is 4.25. The van der Waals surface area contributed by atoms with Crippen molar-refractivity contribution in [2.24, 2.45) is 0 Å². The molecule has 2 aliphatic heterocycles. The van der Waals surface area contributed by atoms with Crippen molar-refractivity contribution in [3.63, 3.8) is 0 Å². The molecule has 1 aromatic heterocycles. The molecule has 1 atom stereocenters. The molecule has 172 valence electrons. The molecule has 1 amide bonds. The summed E-state index contributed by atoms with van der Waals surface area (Å²) in [5.41, 5.74) is 1.37. The van der Waals surface area contributed by atoms with Gasteiger partial charge in [-0.15, -0.1) is 0 Å². The van der Waals surface area contributed by atoms with E-state index in [1.54, 1.807) is 0 Å². The minimum atomic E-state index is -0.325. The molecule has 1 saturated heterocycles. The highest BCUT2D eigenvalue weighted by molar-refractivity contribution is 5.95. The maximum atomic E-state index is 12.8. The number of hydrogen-bond donors (Lipinski definition) is 1. The van der Waals surface area contributed by atoms with Gasteiger partial charge in [0.2, 0.25) is 0 Å². The van der Waals surface area contributed by atoms with Gasteiger partial charge in [-0.2, -0.15) is 0 Å². The second kappa shape index (κ2) is 10.2. The van der Waals surface area contributed by atoms with Crippen LogP contribution in [0.25, 0.3) is 0 Å². The van der Waals surface area contributed by atoms with Crippen molar-refractivity contribution < 1.29 is 19.0 Å². The first-order valence-corrected chi connectivity index (χ1v) is 11.2. The number of rotatable bonds is 7. The number of ether oxygens (including phenoxy) is 3. The van der Waals surface area contributed by atoms with Gasteiger partial charge in [0.1, 0.15) is 12.2 Å². The lowest BCUT2D eigenvalue weighted by Gasteiger charge is -2.29. The summed E-state index contributed by atoms with van der Waals surface area (Å²) in [5, 5.41) is 2.92. The van der Waals surface area contributed by atoms with Crippen molar-refractivity contribution in [3.05, 3.63) is 57.5 Å². The van der Waals surface area contributed by atoms with Crippen LogP contribution >= 0.6 is 0 Å². The Labute approximate surface area is 188 Å². The van der Waals surface area contributed by atoms with E-state index in [2.05, 4.69) is 10.2 Å². The third kappa shape index (κ3) is 5.14. The number of fused-ring (bicyclic) bond motifs is 1. The van der Waals surface area contributed by atoms with Crippen molar-refractivity contribution in [2.75, 3.05) is 46.0 Å². The molecule has 32 heavy (non-hydrogen) atoms. The van der Waals surface area contributed by atoms with Crippen molar-refractivity contribution >= 4 is 5.91 Å². The highest BCUT2D eigenvalue weighted by Gasteiger charge is 2.24. The molecule has 2 aliphatic rings.